The van der Waals surface area contributed by atoms with E-state index in [0.29, 0.717) is 0 Å². The maximum atomic E-state index is 6.40. The second-order valence-corrected chi connectivity index (χ2v) is 5.05. The molecule has 0 saturated heterocycles. The van der Waals surface area contributed by atoms with E-state index in [4.69, 9.17) is 10.5 Å². The van der Waals surface area contributed by atoms with E-state index >= 15 is 0 Å². The van der Waals surface area contributed by atoms with Gasteiger partial charge in [-0.1, -0.05) is 25.7 Å². The van der Waals surface area contributed by atoms with Gasteiger partial charge >= 0.3 is 0 Å². The monoisotopic (exact) mass is 197 g/mol. The summed E-state index contributed by atoms with van der Waals surface area (Å²) in [6.45, 7) is 0. The molecule has 1 atom stereocenters. The number of hydrogen-bond acceptors (Lipinski definition) is 2. The van der Waals surface area contributed by atoms with Crippen LogP contribution >= 0.6 is 0 Å². The van der Waals surface area contributed by atoms with E-state index in [1.807, 2.05) is 7.11 Å². The Morgan fingerprint density at radius 1 is 1.14 bits per heavy atom. The predicted octanol–water partition coefficient (Wildman–Crippen LogP) is 2.46. The Kier molecular flexibility index (Phi) is 3.13. The van der Waals surface area contributed by atoms with E-state index in [1.165, 1.54) is 51.4 Å². The van der Waals surface area contributed by atoms with Crippen LogP contribution in [0.3, 0.4) is 0 Å². The zero-order chi connectivity index (χ0) is 10.0. The van der Waals surface area contributed by atoms with Gasteiger partial charge in [-0.25, -0.2) is 0 Å². The van der Waals surface area contributed by atoms with Gasteiger partial charge in [-0.2, -0.15) is 0 Å². The lowest BCUT2D eigenvalue weighted by molar-refractivity contribution is -0.0397. The number of ether oxygens (including phenoxy) is 1. The molecular weight excluding hydrogens is 174 g/mol. The van der Waals surface area contributed by atoms with Gasteiger partial charge in [0.05, 0.1) is 5.60 Å². The zero-order valence-electron chi connectivity index (χ0n) is 9.30. The van der Waals surface area contributed by atoms with E-state index in [2.05, 4.69) is 0 Å². The van der Waals surface area contributed by atoms with Gasteiger partial charge in [0.15, 0.2) is 0 Å². The highest BCUT2D eigenvalue weighted by Gasteiger charge is 2.43. The van der Waals surface area contributed by atoms with Gasteiger partial charge in [0.1, 0.15) is 0 Å². The molecule has 2 aliphatic rings. The molecule has 2 N–H and O–H groups in total. The van der Waals surface area contributed by atoms with Crippen molar-refractivity contribution < 1.29 is 4.74 Å². The fourth-order valence-corrected chi connectivity index (χ4v) is 3.39. The molecule has 2 heteroatoms. The first-order chi connectivity index (χ1) is 6.78. The lowest BCUT2D eigenvalue weighted by atomic mass is 9.82. The van der Waals surface area contributed by atoms with Crippen molar-refractivity contribution in [2.24, 2.45) is 11.7 Å². The van der Waals surface area contributed by atoms with E-state index in [1.54, 1.807) is 0 Å². The Labute approximate surface area is 87.2 Å². The average molecular weight is 197 g/mol. The maximum absolute atomic E-state index is 6.40. The molecule has 0 bridgehead atoms. The van der Waals surface area contributed by atoms with Gasteiger partial charge in [0.2, 0.25) is 0 Å². The standard InChI is InChI=1S/C12H23NO/c1-14-12(8-4-5-9-12)11(13)10-6-2-3-7-10/h10-11H,2-9,13H2,1H3. The van der Waals surface area contributed by atoms with Crippen LogP contribution in [0.25, 0.3) is 0 Å². The summed E-state index contributed by atoms with van der Waals surface area (Å²) in [5.74, 6) is 0.730. The van der Waals surface area contributed by atoms with Gasteiger partial charge in [-0.3, -0.25) is 0 Å². The van der Waals surface area contributed by atoms with Crippen LogP contribution in [0.4, 0.5) is 0 Å². The Morgan fingerprint density at radius 2 is 1.71 bits per heavy atom. The summed E-state index contributed by atoms with van der Waals surface area (Å²) < 4.78 is 5.75. The first-order valence-electron chi connectivity index (χ1n) is 6.09. The quantitative estimate of drug-likeness (QED) is 0.754. The highest BCUT2D eigenvalue weighted by atomic mass is 16.5. The van der Waals surface area contributed by atoms with Gasteiger partial charge in [0.25, 0.3) is 0 Å². The van der Waals surface area contributed by atoms with Gasteiger partial charge in [-0.15, -0.1) is 0 Å². The molecule has 2 aliphatic carbocycles. The number of nitrogens with two attached hydrogens (primary N) is 1. The summed E-state index contributed by atoms with van der Waals surface area (Å²) in [4.78, 5) is 0. The van der Waals surface area contributed by atoms with Crippen molar-refractivity contribution >= 4 is 0 Å². The minimum absolute atomic E-state index is 0.0367. The van der Waals surface area contributed by atoms with Crippen LogP contribution in [-0.4, -0.2) is 18.8 Å². The third-order valence-corrected chi connectivity index (χ3v) is 4.37. The molecule has 0 aliphatic heterocycles. The van der Waals surface area contributed by atoms with E-state index in [0.717, 1.165) is 5.92 Å². The molecule has 0 amide bonds. The number of hydrogen-bond donors (Lipinski definition) is 1. The smallest absolute Gasteiger partial charge is 0.0831 e. The summed E-state index contributed by atoms with van der Waals surface area (Å²) >= 11 is 0. The second kappa shape index (κ2) is 4.19. The lowest BCUT2D eigenvalue weighted by Gasteiger charge is -2.37. The van der Waals surface area contributed by atoms with Gasteiger partial charge in [-0.05, 0) is 31.6 Å². The van der Waals surface area contributed by atoms with Crippen molar-refractivity contribution in [2.75, 3.05) is 7.11 Å². The van der Waals surface area contributed by atoms with E-state index in [9.17, 15) is 0 Å². The molecule has 0 heterocycles. The third-order valence-electron chi connectivity index (χ3n) is 4.37. The molecule has 2 fully saturated rings. The van der Waals surface area contributed by atoms with Crippen LogP contribution in [0.5, 0.6) is 0 Å². The van der Waals surface area contributed by atoms with Crippen LogP contribution in [0.15, 0.2) is 0 Å². The summed E-state index contributed by atoms with van der Waals surface area (Å²) in [6, 6.07) is 0.289. The van der Waals surface area contributed by atoms with Crippen molar-refractivity contribution in [3.63, 3.8) is 0 Å². The Balaban J connectivity index is 2.02. The van der Waals surface area contributed by atoms with Crippen molar-refractivity contribution in [3.8, 4) is 0 Å². The molecule has 2 saturated carbocycles. The molecule has 0 spiro atoms. The normalized spacial score (nSPS) is 29.6. The maximum Gasteiger partial charge on any atom is 0.0831 e. The van der Waals surface area contributed by atoms with E-state index in [-0.39, 0.29) is 11.6 Å². The first kappa shape index (κ1) is 10.4. The lowest BCUT2D eigenvalue weighted by Crippen LogP contribution is -2.51. The summed E-state index contributed by atoms with van der Waals surface area (Å²) in [5.41, 5.74) is 6.44. The molecule has 0 aromatic heterocycles. The van der Waals surface area contributed by atoms with Crippen LogP contribution in [0, 0.1) is 5.92 Å². The fourth-order valence-electron chi connectivity index (χ4n) is 3.39. The van der Waals surface area contributed by atoms with Crippen molar-refractivity contribution in [1.82, 2.24) is 0 Å². The molecule has 2 nitrogen and oxygen atoms in total. The summed E-state index contributed by atoms with van der Waals surface area (Å²) in [7, 11) is 1.85. The molecular formula is C12H23NO. The Morgan fingerprint density at radius 3 is 2.21 bits per heavy atom. The molecule has 1 unspecified atom stereocenters. The topological polar surface area (TPSA) is 35.2 Å². The van der Waals surface area contributed by atoms with Crippen molar-refractivity contribution in [3.05, 3.63) is 0 Å². The largest absolute Gasteiger partial charge is 0.377 e. The average Bonchev–Trinajstić information content (AvgIpc) is 2.89. The summed E-state index contributed by atoms with van der Waals surface area (Å²) in [5, 5.41) is 0. The molecule has 14 heavy (non-hydrogen) atoms. The highest BCUT2D eigenvalue weighted by Crippen LogP contribution is 2.41. The highest BCUT2D eigenvalue weighted by molar-refractivity contribution is 4.99. The number of methoxy groups -OCH3 is 1. The van der Waals surface area contributed by atoms with Crippen LogP contribution in [0.1, 0.15) is 51.4 Å². The second-order valence-electron chi connectivity index (χ2n) is 5.05. The Hall–Kier alpha value is -0.0800. The SMILES string of the molecule is COC1(C(N)C2CCCC2)CCCC1. The summed E-state index contributed by atoms with van der Waals surface area (Å²) in [6.07, 6.45) is 10.4. The Bertz CT molecular complexity index is 181. The number of rotatable bonds is 3. The molecule has 82 valence electrons. The van der Waals surface area contributed by atoms with Crippen molar-refractivity contribution in [2.45, 2.75) is 63.0 Å². The van der Waals surface area contributed by atoms with Crippen LogP contribution in [-0.2, 0) is 4.74 Å². The molecule has 0 radical (unpaired) electrons. The zero-order valence-corrected chi connectivity index (χ0v) is 9.30. The van der Waals surface area contributed by atoms with Crippen LogP contribution in [0.2, 0.25) is 0 Å². The fraction of sp³-hybridized carbons (Fsp3) is 1.00. The molecule has 2 rings (SSSR count). The van der Waals surface area contributed by atoms with Gasteiger partial charge < -0.3 is 10.5 Å². The predicted molar refractivity (Wildman–Crippen MR) is 58.1 cm³/mol. The first-order valence-corrected chi connectivity index (χ1v) is 6.09. The minimum Gasteiger partial charge on any atom is -0.377 e. The minimum atomic E-state index is 0.0367. The molecule has 0 aromatic rings. The third kappa shape index (κ3) is 1.70. The van der Waals surface area contributed by atoms with Crippen molar-refractivity contribution in [1.29, 1.82) is 0 Å². The van der Waals surface area contributed by atoms with E-state index < -0.39 is 0 Å². The molecule has 0 aromatic carbocycles. The van der Waals surface area contributed by atoms with Crippen LogP contribution < -0.4 is 5.73 Å². The van der Waals surface area contributed by atoms with Gasteiger partial charge in [0, 0.05) is 13.2 Å².